The van der Waals surface area contributed by atoms with Gasteiger partial charge in [-0.2, -0.15) is 10.4 Å². The number of rotatable bonds is 4. The minimum absolute atomic E-state index is 0.0957. The Kier molecular flexibility index (Phi) is 4.00. The van der Waals surface area contributed by atoms with Crippen molar-refractivity contribution in [1.82, 2.24) is 14.3 Å². The summed E-state index contributed by atoms with van der Waals surface area (Å²) in [6.07, 6.45) is 0. The highest BCUT2D eigenvalue weighted by Crippen LogP contribution is 2.25. The van der Waals surface area contributed by atoms with E-state index in [1.54, 1.807) is 6.92 Å². The number of hydrogen-bond donors (Lipinski definition) is 2. The van der Waals surface area contributed by atoms with Gasteiger partial charge in [0, 0.05) is 6.54 Å². The highest BCUT2D eigenvalue weighted by Gasteiger charge is 2.21. The molecule has 7 nitrogen and oxygen atoms in total. The summed E-state index contributed by atoms with van der Waals surface area (Å²) in [5.41, 5.74) is 6.81. The highest BCUT2D eigenvalue weighted by atomic mass is 16.3. The van der Waals surface area contributed by atoms with E-state index in [4.69, 9.17) is 10.8 Å². The van der Waals surface area contributed by atoms with Crippen molar-refractivity contribution < 1.29 is 5.11 Å². The Morgan fingerprint density at radius 2 is 2.14 bits per heavy atom. The summed E-state index contributed by atoms with van der Waals surface area (Å²) in [7, 11) is 0. The molecule has 0 aromatic carbocycles. The molecule has 0 bridgehead atoms. The number of fused-ring (bicyclic) bond motifs is 1. The van der Waals surface area contributed by atoms with Crippen LogP contribution in [0.3, 0.4) is 0 Å². The molecule has 0 atom stereocenters. The van der Waals surface area contributed by atoms with Gasteiger partial charge in [0.25, 0.3) is 5.56 Å². The van der Waals surface area contributed by atoms with Crippen LogP contribution in [0.4, 0.5) is 5.82 Å². The van der Waals surface area contributed by atoms with E-state index in [0.29, 0.717) is 23.1 Å². The van der Waals surface area contributed by atoms with Crippen LogP contribution < -0.4 is 11.3 Å². The first-order valence-electron chi connectivity index (χ1n) is 6.82. The maximum atomic E-state index is 12.5. The number of aromatic nitrogens is 3. The van der Waals surface area contributed by atoms with Gasteiger partial charge >= 0.3 is 0 Å². The Bertz CT molecular complexity index is 779. The van der Waals surface area contributed by atoms with Crippen LogP contribution in [0, 0.1) is 24.2 Å². The van der Waals surface area contributed by atoms with Gasteiger partial charge in [0.15, 0.2) is 5.82 Å². The maximum Gasteiger partial charge on any atom is 0.270 e. The standard InChI is InChI=1S/C14H19N5O2/c1-8(2)7-18-13-11(9(3)10(6-15)14(18)21)12(16)17-19(13)4-5-20/h8,20H,4-5,7H2,1-3H3,(H2,16,17). The average molecular weight is 289 g/mol. The number of nitrogen functional groups attached to an aromatic ring is 1. The Labute approximate surface area is 122 Å². The van der Waals surface area contributed by atoms with E-state index in [9.17, 15) is 10.1 Å². The number of pyridine rings is 1. The van der Waals surface area contributed by atoms with Gasteiger partial charge in [-0.05, 0) is 18.4 Å². The van der Waals surface area contributed by atoms with Gasteiger partial charge in [0.1, 0.15) is 17.3 Å². The van der Waals surface area contributed by atoms with E-state index in [2.05, 4.69) is 5.10 Å². The summed E-state index contributed by atoms with van der Waals surface area (Å²) >= 11 is 0. The van der Waals surface area contributed by atoms with Crippen molar-refractivity contribution >= 4 is 16.9 Å². The normalized spacial score (nSPS) is 11.2. The van der Waals surface area contributed by atoms with E-state index in [1.165, 1.54) is 9.25 Å². The van der Waals surface area contributed by atoms with E-state index in [0.717, 1.165) is 0 Å². The molecule has 2 aromatic rings. The lowest BCUT2D eigenvalue weighted by atomic mass is 10.1. The van der Waals surface area contributed by atoms with Gasteiger partial charge in [0.2, 0.25) is 0 Å². The quantitative estimate of drug-likeness (QED) is 0.856. The second-order valence-corrected chi connectivity index (χ2v) is 5.45. The molecular formula is C14H19N5O2. The van der Waals surface area contributed by atoms with Crippen LogP contribution in [0.5, 0.6) is 0 Å². The zero-order valence-corrected chi connectivity index (χ0v) is 12.4. The van der Waals surface area contributed by atoms with Crippen molar-refractivity contribution in [3.05, 3.63) is 21.5 Å². The number of nitriles is 1. The van der Waals surface area contributed by atoms with Crippen LogP contribution in [-0.4, -0.2) is 26.1 Å². The molecule has 0 aliphatic carbocycles. The van der Waals surface area contributed by atoms with Gasteiger partial charge < -0.3 is 10.8 Å². The van der Waals surface area contributed by atoms with Crippen LogP contribution in [0.2, 0.25) is 0 Å². The molecule has 2 heterocycles. The molecule has 0 unspecified atom stereocenters. The predicted octanol–water partition coefficient (Wildman–Crippen LogP) is 0.609. The van der Waals surface area contributed by atoms with Crippen LogP contribution in [-0.2, 0) is 13.1 Å². The van der Waals surface area contributed by atoms with Gasteiger partial charge in [-0.25, -0.2) is 4.68 Å². The fraction of sp³-hybridized carbons (Fsp3) is 0.500. The van der Waals surface area contributed by atoms with E-state index in [1.807, 2.05) is 19.9 Å². The van der Waals surface area contributed by atoms with Gasteiger partial charge in [-0.15, -0.1) is 0 Å². The second-order valence-electron chi connectivity index (χ2n) is 5.45. The lowest BCUT2D eigenvalue weighted by molar-refractivity contribution is 0.270. The number of aryl methyl sites for hydroxylation is 1. The fourth-order valence-corrected chi connectivity index (χ4v) is 2.54. The van der Waals surface area contributed by atoms with Crippen molar-refractivity contribution in [2.75, 3.05) is 12.3 Å². The molecule has 0 aliphatic rings. The number of hydrogen-bond acceptors (Lipinski definition) is 5. The Morgan fingerprint density at radius 3 is 2.67 bits per heavy atom. The lowest BCUT2D eigenvalue weighted by Crippen LogP contribution is -2.28. The van der Waals surface area contributed by atoms with Crippen molar-refractivity contribution in [3.63, 3.8) is 0 Å². The average Bonchev–Trinajstić information content (AvgIpc) is 2.72. The van der Waals surface area contributed by atoms with E-state index in [-0.39, 0.29) is 36.0 Å². The minimum Gasteiger partial charge on any atom is -0.394 e. The first-order valence-corrected chi connectivity index (χ1v) is 6.82. The van der Waals surface area contributed by atoms with Crippen LogP contribution in [0.15, 0.2) is 4.79 Å². The van der Waals surface area contributed by atoms with Crippen molar-refractivity contribution in [1.29, 1.82) is 5.26 Å². The van der Waals surface area contributed by atoms with E-state index < -0.39 is 0 Å². The Morgan fingerprint density at radius 1 is 1.48 bits per heavy atom. The highest BCUT2D eigenvalue weighted by molar-refractivity contribution is 5.91. The molecule has 2 aromatic heterocycles. The van der Waals surface area contributed by atoms with Crippen molar-refractivity contribution in [3.8, 4) is 6.07 Å². The molecular weight excluding hydrogens is 270 g/mol. The topological polar surface area (TPSA) is 110 Å². The summed E-state index contributed by atoms with van der Waals surface area (Å²) < 4.78 is 3.06. The molecule has 0 spiro atoms. The first kappa shape index (κ1) is 15.1. The molecule has 7 heteroatoms. The number of aliphatic hydroxyl groups excluding tert-OH is 1. The minimum atomic E-state index is -0.338. The monoisotopic (exact) mass is 289 g/mol. The second kappa shape index (κ2) is 5.58. The van der Waals surface area contributed by atoms with Crippen LogP contribution in [0.25, 0.3) is 11.0 Å². The van der Waals surface area contributed by atoms with Crippen molar-refractivity contribution in [2.45, 2.75) is 33.9 Å². The summed E-state index contributed by atoms with van der Waals surface area (Å²) in [4.78, 5) is 12.5. The molecule has 2 rings (SSSR count). The fourth-order valence-electron chi connectivity index (χ4n) is 2.54. The summed E-state index contributed by atoms with van der Waals surface area (Å²) in [5, 5.41) is 23.2. The lowest BCUT2D eigenvalue weighted by Gasteiger charge is -2.14. The number of aliphatic hydroxyl groups is 1. The molecule has 112 valence electrons. The molecule has 0 fully saturated rings. The Balaban J connectivity index is 2.96. The number of nitrogens with two attached hydrogens (primary N) is 1. The number of anilines is 1. The molecule has 0 radical (unpaired) electrons. The zero-order valence-electron chi connectivity index (χ0n) is 12.4. The smallest absolute Gasteiger partial charge is 0.270 e. The van der Waals surface area contributed by atoms with Crippen LogP contribution in [0.1, 0.15) is 25.0 Å². The van der Waals surface area contributed by atoms with Gasteiger partial charge in [-0.1, -0.05) is 13.8 Å². The molecule has 0 amide bonds. The molecule has 0 saturated heterocycles. The third kappa shape index (κ3) is 2.38. The maximum absolute atomic E-state index is 12.5. The third-order valence-corrected chi connectivity index (χ3v) is 3.39. The summed E-state index contributed by atoms with van der Waals surface area (Å²) in [6, 6.07) is 1.96. The van der Waals surface area contributed by atoms with Gasteiger partial charge in [0.05, 0.1) is 18.5 Å². The summed E-state index contributed by atoms with van der Waals surface area (Å²) in [6.45, 7) is 6.27. The SMILES string of the molecule is Cc1c(C#N)c(=O)n(CC(C)C)c2c1c(N)nn2CCO. The zero-order chi connectivity index (χ0) is 15.7. The molecule has 3 N–H and O–H groups in total. The first-order chi connectivity index (χ1) is 9.92. The molecule has 21 heavy (non-hydrogen) atoms. The number of nitrogens with zero attached hydrogens (tertiary/aromatic N) is 4. The summed E-state index contributed by atoms with van der Waals surface area (Å²) in [5.74, 6) is 0.490. The largest absolute Gasteiger partial charge is 0.394 e. The van der Waals surface area contributed by atoms with Crippen molar-refractivity contribution in [2.24, 2.45) is 5.92 Å². The predicted molar refractivity (Wildman–Crippen MR) is 79.8 cm³/mol. The third-order valence-electron chi connectivity index (χ3n) is 3.39. The molecule has 0 aliphatic heterocycles. The van der Waals surface area contributed by atoms with Gasteiger partial charge in [-0.3, -0.25) is 9.36 Å². The Hall–Kier alpha value is -2.33. The van der Waals surface area contributed by atoms with E-state index >= 15 is 0 Å². The molecule has 0 saturated carbocycles. The van der Waals surface area contributed by atoms with Crippen LogP contribution >= 0.6 is 0 Å².